The minimum absolute atomic E-state index is 0.170. The largest absolute Gasteiger partial charge is 0.322 e. The SMILES string of the molecule is C=Cc1cc2ccccc2c(C(=O)Nc2ccc(S)cc2)c1C=C. The van der Waals surface area contributed by atoms with Crippen LogP contribution in [0.5, 0.6) is 0 Å². The highest BCUT2D eigenvalue weighted by atomic mass is 32.1. The Labute approximate surface area is 146 Å². The van der Waals surface area contributed by atoms with Crippen molar-refractivity contribution < 1.29 is 4.79 Å². The monoisotopic (exact) mass is 331 g/mol. The molecule has 2 nitrogen and oxygen atoms in total. The highest BCUT2D eigenvalue weighted by molar-refractivity contribution is 7.80. The molecule has 0 aliphatic heterocycles. The lowest BCUT2D eigenvalue weighted by molar-refractivity contribution is 0.102. The second kappa shape index (κ2) is 6.77. The molecule has 0 saturated carbocycles. The lowest BCUT2D eigenvalue weighted by Gasteiger charge is -2.14. The molecule has 3 aromatic carbocycles. The summed E-state index contributed by atoms with van der Waals surface area (Å²) in [6.07, 6.45) is 3.45. The zero-order valence-electron chi connectivity index (χ0n) is 13.1. The van der Waals surface area contributed by atoms with Gasteiger partial charge in [0.25, 0.3) is 5.91 Å². The van der Waals surface area contributed by atoms with Gasteiger partial charge in [-0.15, -0.1) is 12.6 Å². The summed E-state index contributed by atoms with van der Waals surface area (Å²) in [5.41, 5.74) is 3.00. The van der Waals surface area contributed by atoms with Crippen LogP contribution in [0.2, 0.25) is 0 Å². The standard InChI is InChI=1S/C21H17NOS/c1-3-14-13-15-7-5-6-8-19(15)20(18(14)4-2)21(23)22-16-9-11-17(24)12-10-16/h3-13,24H,1-2H2,(H,22,23). The van der Waals surface area contributed by atoms with Gasteiger partial charge in [0, 0.05) is 10.6 Å². The maximum atomic E-state index is 12.9. The molecule has 118 valence electrons. The molecular weight excluding hydrogens is 314 g/mol. The molecule has 0 fully saturated rings. The molecule has 0 spiro atoms. The van der Waals surface area contributed by atoms with Crippen LogP contribution in [0, 0.1) is 0 Å². The third kappa shape index (κ3) is 2.99. The first kappa shape index (κ1) is 16.1. The number of fused-ring (bicyclic) bond motifs is 1. The van der Waals surface area contributed by atoms with Gasteiger partial charge in [0.2, 0.25) is 0 Å². The summed E-state index contributed by atoms with van der Waals surface area (Å²) in [6, 6.07) is 17.2. The van der Waals surface area contributed by atoms with Crippen LogP contribution in [0.1, 0.15) is 21.5 Å². The van der Waals surface area contributed by atoms with Crippen molar-refractivity contribution in [1.29, 1.82) is 0 Å². The van der Waals surface area contributed by atoms with E-state index >= 15 is 0 Å². The van der Waals surface area contributed by atoms with Crippen LogP contribution in [-0.4, -0.2) is 5.91 Å². The first-order valence-electron chi connectivity index (χ1n) is 7.55. The summed E-state index contributed by atoms with van der Waals surface area (Å²) in [4.78, 5) is 13.8. The zero-order valence-corrected chi connectivity index (χ0v) is 14.0. The first-order valence-corrected chi connectivity index (χ1v) is 7.99. The second-order valence-corrected chi connectivity index (χ2v) is 5.90. The van der Waals surface area contributed by atoms with E-state index in [0.29, 0.717) is 5.56 Å². The van der Waals surface area contributed by atoms with Crippen LogP contribution in [0.15, 0.2) is 72.7 Å². The second-order valence-electron chi connectivity index (χ2n) is 5.38. The minimum atomic E-state index is -0.170. The number of carbonyl (C=O) groups is 1. The summed E-state index contributed by atoms with van der Waals surface area (Å²) >= 11 is 4.26. The van der Waals surface area contributed by atoms with Crippen LogP contribution >= 0.6 is 12.6 Å². The normalized spacial score (nSPS) is 10.4. The molecule has 0 aliphatic carbocycles. The molecule has 0 aromatic heterocycles. The molecule has 1 amide bonds. The smallest absolute Gasteiger partial charge is 0.256 e. The van der Waals surface area contributed by atoms with E-state index in [-0.39, 0.29) is 5.91 Å². The Morgan fingerprint density at radius 3 is 2.38 bits per heavy atom. The van der Waals surface area contributed by atoms with Gasteiger partial charge in [0.05, 0.1) is 5.56 Å². The van der Waals surface area contributed by atoms with Gasteiger partial charge in [-0.2, -0.15) is 0 Å². The van der Waals surface area contributed by atoms with E-state index in [0.717, 1.165) is 32.5 Å². The fourth-order valence-electron chi connectivity index (χ4n) is 2.76. The molecular formula is C21H17NOS. The van der Waals surface area contributed by atoms with E-state index in [4.69, 9.17) is 0 Å². The highest BCUT2D eigenvalue weighted by Gasteiger charge is 2.16. The molecule has 0 saturated heterocycles. The summed E-state index contributed by atoms with van der Waals surface area (Å²) < 4.78 is 0. The number of hydrogen-bond donors (Lipinski definition) is 2. The topological polar surface area (TPSA) is 29.1 Å². The highest BCUT2D eigenvalue weighted by Crippen LogP contribution is 2.29. The molecule has 24 heavy (non-hydrogen) atoms. The van der Waals surface area contributed by atoms with Gasteiger partial charge < -0.3 is 5.32 Å². The van der Waals surface area contributed by atoms with E-state index in [9.17, 15) is 4.79 Å². The molecule has 0 atom stereocenters. The third-order valence-electron chi connectivity index (χ3n) is 3.90. The average Bonchev–Trinajstić information content (AvgIpc) is 2.61. The van der Waals surface area contributed by atoms with Gasteiger partial charge in [0.1, 0.15) is 0 Å². The maximum Gasteiger partial charge on any atom is 0.256 e. The Balaban J connectivity index is 2.15. The van der Waals surface area contributed by atoms with E-state index in [1.54, 1.807) is 12.2 Å². The van der Waals surface area contributed by atoms with Gasteiger partial charge in [0.15, 0.2) is 0 Å². The van der Waals surface area contributed by atoms with Gasteiger partial charge in [-0.1, -0.05) is 49.6 Å². The zero-order chi connectivity index (χ0) is 17.1. The van der Waals surface area contributed by atoms with Crippen molar-refractivity contribution in [2.45, 2.75) is 4.90 Å². The number of hydrogen-bond acceptors (Lipinski definition) is 2. The molecule has 3 aromatic rings. The van der Waals surface area contributed by atoms with Gasteiger partial charge in [-0.3, -0.25) is 4.79 Å². The lowest BCUT2D eigenvalue weighted by Crippen LogP contribution is -2.14. The van der Waals surface area contributed by atoms with Crippen LogP contribution in [-0.2, 0) is 0 Å². The predicted molar refractivity (Wildman–Crippen MR) is 106 cm³/mol. The van der Waals surface area contributed by atoms with E-state index < -0.39 is 0 Å². The fourth-order valence-corrected chi connectivity index (χ4v) is 2.91. The van der Waals surface area contributed by atoms with Crippen LogP contribution < -0.4 is 5.32 Å². The Bertz CT molecular complexity index is 942. The van der Waals surface area contributed by atoms with Crippen molar-refractivity contribution in [2.24, 2.45) is 0 Å². The number of carbonyl (C=O) groups excluding carboxylic acids is 1. The van der Waals surface area contributed by atoms with Crippen molar-refractivity contribution in [3.05, 3.63) is 84.4 Å². The van der Waals surface area contributed by atoms with Crippen molar-refractivity contribution in [2.75, 3.05) is 5.32 Å². The minimum Gasteiger partial charge on any atom is -0.322 e. The summed E-state index contributed by atoms with van der Waals surface area (Å²) in [7, 11) is 0. The average molecular weight is 331 g/mol. The third-order valence-corrected chi connectivity index (χ3v) is 4.20. The summed E-state index contributed by atoms with van der Waals surface area (Å²) in [6.45, 7) is 7.72. The molecule has 1 N–H and O–H groups in total. The van der Waals surface area contributed by atoms with Crippen LogP contribution in [0.3, 0.4) is 0 Å². The van der Waals surface area contributed by atoms with E-state index in [1.165, 1.54) is 0 Å². The number of nitrogens with one attached hydrogen (secondary N) is 1. The molecule has 3 heteroatoms. The molecule has 0 aliphatic rings. The van der Waals surface area contributed by atoms with Crippen molar-refractivity contribution in [1.82, 2.24) is 0 Å². The lowest BCUT2D eigenvalue weighted by atomic mass is 9.93. The van der Waals surface area contributed by atoms with Gasteiger partial charge in [-0.05, 0) is 52.2 Å². The number of thiol groups is 1. The number of amides is 1. The van der Waals surface area contributed by atoms with Crippen molar-refractivity contribution in [3.8, 4) is 0 Å². The van der Waals surface area contributed by atoms with Crippen LogP contribution in [0.4, 0.5) is 5.69 Å². The Hall–Kier alpha value is -2.78. The van der Waals surface area contributed by atoms with Crippen LogP contribution in [0.25, 0.3) is 22.9 Å². The Morgan fingerprint density at radius 2 is 1.71 bits per heavy atom. The number of rotatable bonds is 4. The first-order chi connectivity index (χ1) is 11.6. The van der Waals surface area contributed by atoms with Crippen molar-refractivity contribution >= 4 is 47.1 Å². The Kier molecular flexibility index (Phi) is 4.54. The van der Waals surface area contributed by atoms with E-state index in [1.807, 2.05) is 54.6 Å². The molecule has 0 bridgehead atoms. The van der Waals surface area contributed by atoms with Crippen molar-refractivity contribution in [3.63, 3.8) is 0 Å². The predicted octanol–water partition coefficient (Wildman–Crippen LogP) is 5.67. The number of anilines is 1. The van der Waals surface area contributed by atoms with Gasteiger partial charge >= 0.3 is 0 Å². The maximum absolute atomic E-state index is 12.9. The van der Waals surface area contributed by atoms with Gasteiger partial charge in [-0.25, -0.2) is 0 Å². The Morgan fingerprint density at radius 1 is 1.00 bits per heavy atom. The van der Waals surface area contributed by atoms with E-state index in [2.05, 4.69) is 31.1 Å². The molecule has 0 heterocycles. The fraction of sp³-hybridized carbons (Fsp3) is 0. The quantitative estimate of drug-likeness (QED) is 0.593. The number of benzene rings is 3. The molecule has 3 rings (SSSR count). The molecule has 0 radical (unpaired) electrons. The summed E-state index contributed by atoms with van der Waals surface area (Å²) in [5, 5.41) is 4.83. The molecule has 0 unspecified atom stereocenters. The summed E-state index contributed by atoms with van der Waals surface area (Å²) in [5.74, 6) is -0.170.